The maximum absolute atomic E-state index is 12.7. The van der Waals surface area contributed by atoms with Crippen LogP contribution < -0.4 is 9.46 Å². The molecule has 0 saturated heterocycles. The molecule has 0 spiro atoms. The van der Waals surface area contributed by atoms with Crippen LogP contribution >= 0.6 is 23.1 Å². The molecular weight excluding hydrogens is 528 g/mol. The molecule has 0 amide bonds. The van der Waals surface area contributed by atoms with E-state index in [0.717, 1.165) is 35.5 Å². The highest BCUT2D eigenvalue weighted by Crippen LogP contribution is 2.62. The zero-order chi connectivity index (χ0) is 25.7. The second kappa shape index (κ2) is 8.84. The van der Waals surface area contributed by atoms with E-state index in [4.69, 9.17) is 16.3 Å². The average molecular weight is 549 g/mol. The number of nitrogens with zero attached hydrogens (tertiary/aromatic N) is 3. The molecule has 1 heterocycles. The van der Waals surface area contributed by atoms with Gasteiger partial charge in [0.2, 0.25) is 5.13 Å². The average Bonchev–Trinajstić information content (AvgIpc) is 3.42. The van der Waals surface area contributed by atoms with Crippen molar-refractivity contribution in [2.75, 3.05) is 11.3 Å². The number of nitrogens with one attached hydrogen (secondary N) is 1. The highest BCUT2D eigenvalue weighted by atomic mass is 35.5. The van der Waals surface area contributed by atoms with E-state index in [2.05, 4.69) is 44.4 Å². The number of rotatable bonds is 7. The van der Waals surface area contributed by atoms with Gasteiger partial charge in [0.05, 0.1) is 21.9 Å². The number of sulfonamides is 1. The number of hydrogen-bond donors (Lipinski definition) is 1. The molecule has 1 aromatic heterocycles. The molecule has 4 aromatic rings. The first-order valence-corrected chi connectivity index (χ1v) is 14.4. The number of alkyl halides is 1. The van der Waals surface area contributed by atoms with Gasteiger partial charge in [-0.3, -0.25) is 4.72 Å². The zero-order valence-corrected chi connectivity index (χ0v) is 21.9. The summed E-state index contributed by atoms with van der Waals surface area (Å²) in [5.41, 5.74) is 4.65. The third-order valence-electron chi connectivity index (χ3n) is 7.39. The van der Waals surface area contributed by atoms with Crippen molar-refractivity contribution >= 4 is 38.3 Å². The maximum atomic E-state index is 12.7. The minimum absolute atomic E-state index is 0.0499. The van der Waals surface area contributed by atoms with Crippen molar-refractivity contribution in [1.29, 1.82) is 5.26 Å². The summed E-state index contributed by atoms with van der Waals surface area (Å²) in [5.74, 6) is 0.341. The van der Waals surface area contributed by atoms with Crippen LogP contribution in [0.3, 0.4) is 0 Å². The van der Waals surface area contributed by atoms with Gasteiger partial charge in [-0.15, -0.1) is 11.6 Å². The van der Waals surface area contributed by atoms with Crippen molar-refractivity contribution in [3.63, 3.8) is 0 Å². The molecule has 7 rings (SSSR count). The first kappa shape index (κ1) is 23.9. The molecule has 0 fully saturated rings. The Hall–Kier alpha value is -3.45. The molecule has 1 N–H and O–H groups in total. The molecule has 186 valence electrons. The smallest absolute Gasteiger partial charge is 0.263 e. The van der Waals surface area contributed by atoms with Gasteiger partial charge >= 0.3 is 0 Å². The summed E-state index contributed by atoms with van der Waals surface area (Å²) in [7, 11) is -3.91. The van der Waals surface area contributed by atoms with Crippen molar-refractivity contribution in [2.45, 2.75) is 34.4 Å². The molecule has 7 nitrogen and oxygen atoms in total. The van der Waals surface area contributed by atoms with Crippen molar-refractivity contribution < 1.29 is 13.2 Å². The Morgan fingerprint density at radius 3 is 2.32 bits per heavy atom. The zero-order valence-electron chi connectivity index (χ0n) is 19.5. The highest BCUT2D eigenvalue weighted by Gasteiger charge is 2.54. The van der Waals surface area contributed by atoms with E-state index < -0.39 is 14.9 Å². The van der Waals surface area contributed by atoms with Crippen LogP contribution in [0.5, 0.6) is 5.75 Å². The van der Waals surface area contributed by atoms with Crippen LogP contribution in [0.2, 0.25) is 0 Å². The van der Waals surface area contributed by atoms with Crippen LogP contribution in [0.4, 0.5) is 5.13 Å². The molecule has 2 bridgehead atoms. The van der Waals surface area contributed by atoms with Crippen molar-refractivity contribution in [3.8, 4) is 11.8 Å². The molecule has 10 heteroatoms. The van der Waals surface area contributed by atoms with Gasteiger partial charge in [-0.05, 0) is 59.7 Å². The fourth-order valence-electron chi connectivity index (χ4n) is 5.72. The minimum atomic E-state index is -3.91. The molecule has 0 aliphatic heterocycles. The fourth-order valence-corrected chi connectivity index (χ4v) is 7.83. The van der Waals surface area contributed by atoms with Crippen molar-refractivity contribution in [3.05, 3.63) is 101 Å². The lowest BCUT2D eigenvalue weighted by molar-refractivity contribution is 0.242. The first-order valence-electron chi connectivity index (χ1n) is 11.7. The predicted molar refractivity (Wildman–Crippen MR) is 142 cm³/mol. The maximum Gasteiger partial charge on any atom is 0.263 e. The Morgan fingerprint density at radius 1 is 1.03 bits per heavy atom. The van der Waals surface area contributed by atoms with Gasteiger partial charge in [-0.2, -0.15) is 9.64 Å². The van der Waals surface area contributed by atoms with Crippen LogP contribution in [-0.4, -0.2) is 24.4 Å². The standard InChI is InChI=1S/C27H21ClN4O3S2/c28-27-12-11-26(20-5-1-3-7-22(20)27,21-6-2-4-8-23(21)27)13-14-35-24-10-9-19(15-18(24)16-29)37(33,34)32-25-30-17-31-36-25/h1-10,15,17H,11-14H2,(H,30,31,32). The van der Waals surface area contributed by atoms with Crippen LogP contribution in [0, 0.1) is 11.3 Å². The Bertz CT molecular complexity index is 1600. The third-order valence-corrected chi connectivity index (χ3v) is 10.0. The number of ether oxygens (including phenoxy) is 1. The van der Waals surface area contributed by atoms with Crippen LogP contribution in [-0.2, 0) is 20.3 Å². The van der Waals surface area contributed by atoms with Gasteiger partial charge in [0.25, 0.3) is 10.0 Å². The van der Waals surface area contributed by atoms with Crippen LogP contribution in [0.15, 0.2) is 78.0 Å². The third kappa shape index (κ3) is 3.79. The van der Waals surface area contributed by atoms with Crippen molar-refractivity contribution in [2.24, 2.45) is 0 Å². The normalized spacial score (nSPS) is 21.5. The van der Waals surface area contributed by atoms with Gasteiger partial charge < -0.3 is 4.74 Å². The lowest BCUT2D eigenvalue weighted by Crippen LogP contribution is -2.47. The van der Waals surface area contributed by atoms with Crippen LogP contribution in [0.1, 0.15) is 47.1 Å². The molecule has 3 aliphatic carbocycles. The van der Waals surface area contributed by atoms with E-state index in [-0.39, 0.29) is 21.0 Å². The fraction of sp³-hybridized carbons (Fsp3) is 0.222. The molecule has 0 saturated carbocycles. The van der Waals surface area contributed by atoms with E-state index >= 15 is 0 Å². The lowest BCUT2D eigenvalue weighted by atomic mass is 9.54. The minimum Gasteiger partial charge on any atom is -0.492 e. The number of hydrogen-bond acceptors (Lipinski definition) is 7. The summed E-state index contributed by atoms with van der Waals surface area (Å²) in [6.45, 7) is 0.349. The van der Waals surface area contributed by atoms with E-state index in [9.17, 15) is 13.7 Å². The van der Waals surface area contributed by atoms with E-state index in [1.54, 1.807) is 0 Å². The molecular formula is C27H21ClN4O3S2. The van der Waals surface area contributed by atoms with E-state index in [1.807, 2.05) is 24.3 Å². The van der Waals surface area contributed by atoms with Crippen molar-refractivity contribution in [1.82, 2.24) is 9.36 Å². The molecule has 0 unspecified atom stereocenters. The Balaban J connectivity index is 1.27. The molecule has 0 radical (unpaired) electrons. The second-order valence-corrected chi connectivity index (χ2v) is 12.3. The Morgan fingerprint density at radius 2 is 1.70 bits per heavy atom. The monoisotopic (exact) mass is 548 g/mol. The summed E-state index contributed by atoms with van der Waals surface area (Å²) in [6.07, 6.45) is 3.69. The molecule has 3 aromatic carbocycles. The number of nitriles is 1. The summed E-state index contributed by atoms with van der Waals surface area (Å²) >= 11 is 8.19. The number of aromatic nitrogens is 2. The second-order valence-electron chi connectivity index (χ2n) is 9.19. The highest BCUT2D eigenvalue weighted by molar-refractivity contribution is 7.93. The topological polar surface area (TPSA) is 105 Å². The number of anilines is 1. The van der Waals surface area contributed by atoms with Gasteiger partial charge in [0, 0.05) is 16.9 Å². The Kier molecular flexibility index (Phi) is 5.71. The first-order chi connectivity index (χ1) is 17.9. The largest absolute Gasteiger partial charge is 0.492 e. The van der Waals surface area contributed by atoms with Gasteiger partial charge in [-0.25, -0.2) is 13.4 Å². The summed E-state index contributed by atoms with van der Waals surface area (Å²) < 4.78 is 37.7. The van der Waals surface area contributed by atoms with Gasteiger partial charge in [-0.1, -0.05) is 48.5 Å². The summed E-state index contributed by atoms with van der Waals surface area (Å²) in [4.78, 5) is 3.28. The SMILES string of the molecule is N#Cc1cc(S(=O)(=O)Nc2ncns2)ccc1OCCC12CCC(Cl)(c3ccccc31)c1ccccc12. The molecule has 0 atom stereocenters. The van der Waals surface area contributed by atoms with E-state index in [1.165, 1.54) is 35.7 Å². The van der Waals surface area contributed by atoms with Gasteiger partial charge in [0.15, 0.2) is 0 Å². The number of halogens is 1. The Labute approximate surface area is 223 Å². The predicted octanol–water partition coefficient (Wildman–Crippen LogP) is 5.56. The summed E-state index contributed by atoms with van der Waals surface area (Å²) in [6, 6.07) is 23.0. The molecule has 37 heavy (non-hydrogen) atoms. The number of benzene rings is 3. The van der Waals surface area contributed by atoms with Crippen LogP contribution in [0.25, 0.3) is 0 Å². The summed E-state index contributed by atoms with van der Waals surface area (Å²) in [5, 5.41) is 9.88. The molecule has 3 aliphatic rings. The quantitative estimate of drug-likeness (QED) is 0.303. The lowest BCUT2D eigenvalue weighted by Gasteiger charge is -2.53. The number of fused-ring (bicyclic) bond motifs is 1. The van der Waals surface area contributed by atoms with E-state index in [0.29, 0.717) is 18.8 Å². The van der Waals surface area contributed by atoms with Gasteiger partial charge in [0.1, 0.15) is 18.1 Å².